The molecule has 12 heteroatoms. The van der Waals surface area contributed by atoms with Gasteiger partial charge < -0.3 is 42.7 Å². The summed E-state index contributed by atoms with van der Waals surface area (Å²) in [5, 5.41) is 9.90. The number of rotatable bonds is 4. The maximum Gasteiger partial charge on any atom is 0.232 e. The van der Waals surface area contributed by atoms with Crippen LogP contribution in [0.15, 0.2) is 0 Å². The van der Waals surface area contributed by atoms with Gasteiger partial charge in [0, 0.05) is 56.9 Å². The molecule has 5 atom stereocenters. The highest BCUT2D eigenvalue weighted by atomic mass is 35.5. The molecule has 31 heavy (non-hydrogen) atoms. The van der Waals surface area contributed by atoms with Gasteiger partial charge in [0.25, 0.3) is 0 Å². The second-order valence-electron chi connectivity index (χ2n) is 9.08. The van der Waals surface area contributed by atoms with Crippen molar-refractivity contribution in [3.8, 4) is 0 Å². The summed E-state index contributed by atoms with van der Waals surface area (Å²) in [5.74, 6) is 1.75. The van der Waals surface area contributed by atoms with Crippen LogP contribution in [0, 0.1) is 0 Å². The van der Waals surface area contributed by atoms with Gasteiger partial charge in [0.15, 0.2) is 0 Å². The first-order chi connectivity index (χ1) is 14.4. The Kier molecular flexibility index (Phi) is 8.11. The van der Waals surface area contributed by atoms with Crippen molar-refractivity contribution in [2.45, 2.75) is 62.3 Å². The maximum absolute atomic E-state index is 9.90. The zero-order valence-corrected chi connectivity index (χ0v) is 18.8. The predicted molar refractivity (Wildman–Crippen MR) is 125 cm³/mol. The smallest absolute Gasteiger partial charge is 0.232 e. The number of anilines is 3. The minimum Gasteiger partial charge on any atom is -0.394 e. The Balaban J connectivity index is 0.00000272. The third-order valence-electron chi connectivity index (χ3n) is 6.29. The van der Waals surface area contributed by atoms with Crippen molar-refractivity contribution in [1.82, 2.24) is 15.0 Å². The van der Waals surface area contributed by atoms with Gasteiger partial charge in [-0.1, -0.05) is 0 Å². The highest BCUT2D eigenvalue weighted by molar-refractivity contribution is 5.85. The summed E-state index contributed by atoms with van der Waals surface area (Å²) in [6, 6.07) is -0.0636. The van der Waals surface area contributed by atoms with Crippen molar-refractivity contribution >= 4 is 30.3 Å². The molecule has 11 nitrogen and oxygen atoms in total. The van der Waals surface area contributed by atoms with Crippen molar-refractivity contribution in [2.75, 3.05) is 54.0 Å². The molecule has 1 aromatic rings. The zero-order chi connectivity index (χ0) is 21.3. The van der Waals surface area contributed by atoms with Crippen molar-refractivity contribution in [1.29, 1.82) is 0 Å². The minimum atomic E-state index is -0.0191. The molecule has 3 aliphatic rings. The van der Waals surface area contributed by atoms with E-state index in [0.717, 1.165) is 38.6 Å². The average Bonchev–Trinajstić information content (AvgIpc) is 2.72. The van der Waals surface area contributed by atoms with Gasteiger partial charge in [-0.2, -0.15) is 15.0 Å². The molecule has 0 bridgehead atoms. The third-order valence-corrected chi connectivity index (χ3v) is 6.29. The molecule has 4 heterocycles. The number of aliphatic hydroxyl groups is 1. The summed E-state index contributed by atoms with van der Waals surface area (Å²) in [7, 11) is 0. The van der Waals surface area contributed by atoms with Crippen molar-refractivity contribution in [3.63, 3.8) is 0 Å². The van der Waals surface area contributed by atoms with E-state index in [4.69, 9.17) is 37.9 Å². The van der Waals surface area contributed by atoms with E-state index < -0.39 is 0 Å². The normalized spacial score (nSPS) is 32.0. The monoisotopic (exact) mass is 456 g/mol. The number of nitrogens with zero attached hydrogens (tertiary/aromatic N) is 6. The van der Waals surface area contributed by atoms with E-state index in [1.807, 2.05) is 0 Å². The third kappa shape index (κ3) is 5.65. The van der Waals surface area contributed by atoms with Crippen molar-refractivity contribution in [2.24, 2.45) is 22.9 Å². The van der Waals surface area contributed by atoms with E-state index >= 15 is 0 Å². The van der Waals surface area contributed by atoms with Crippen LogP contribution in [0.3, 0.4) is 0 Å². The van der Waals surface area contributed by atoms with Gasteiger partial charge in [0.1, 0.15) is 0 Å². The number of hydrogen-bond acceptors (Lipinski definition) is 11. The van der Waals surface area contributed by atoms with Gasteiger partial charge in [0.05, 0.1) is 12.6 Å². The first kappa shape index (κ1) is 24.1. The molecule has 0 amide bonds. The number of halogens is 1. The molecule has 176 valence electrons. The average molecular weight is 457 g/mol. The Bertz CT molecular complexity index is 663. The topological polar surface area (TPSA) is 173 Å². The second kappa shape index (κ2) is 10.4. The first-order valence-corrected chi connectivity index (χ1v) is 11.1. The highest BCUT2D eigenvalue weighted by Crippen LogP contribution is 2.27. The Labute approximate surface area is 189 Å². The molecule has 0 radical (unpaired) electrons. The summed E-state index contributed by atoms with van der Waals surface area (Å²) < 4.78 is 0. The molecule has 0 aliphatic carbocycles. The summed E-state index contributed by atoms with van der Waals surface area (Å²) >= 11 is 0. The Hall–Kier alpha value is -1.50. The first-order valence-electron chi connectivity index (χ1n) is 11.1. The fourth-order valence-corrected chi connectivity index (χ4v) is 4.89. The molecule has 3 fully saturated rings. The van der Waals surface area contributed by atoms with Crippen LogP contribution in [0.25, 0.3) is 0 Å². The minimum absolute atomic E-state index is 0. The standard InChI is InChI=1S/C19H36N10O.ClH/c20-12-5-13(21)8-27(7-12)17-24-18(28-9-14(22)6-15(23)10-28)26-19(25-17)29-4-2-1-3-16(29)11-30;/h12-16,30H,1-11,20-23H2;1H/t12-,13+,14-,15+,16?;. The Morgan fingerprint density at radius 2 is 1.19 bits per heavy atom. The molecule has 9 N–H and O–H groups in total. The van der Waals surface area contributed by atoms with Crippen molar-refractivity contribution < 1.29 is 5.11 Å². The number of nitrogens with two attached hydrogens (primary N) is 4. The lowest BCUT2D eigenvalue weighted by molar-refractivity contribution is 0.238. The SMILES string of the molecule is Cl.N[C@@H]1C[C@H](N)CN(c2nc(N3C[C@H](N)C[C@H](N)C3)nc(N3CCCCC3CO)n2)C1. The van der Waals surface area contributed by atoms with Crippen LogP contribution in [-0.2, 0) is 0 Å². The molecule has 3 aliphatic heterocycles. The van der Waals surface area contributed by atoms with E-state index in [0.29, 0.717) is 44.0 Å². The zero-order valence-electron chi connectivity index (χ0n) is 18.0. The van der Waals surface area contributed by atoms with Gasteiger partial charge in [-0.3, -0.25) is 0 Å². The maximum atomic E-state index is 9.90. The number of aliphatic hydroxyl groups excluding tert-OH is 1. The summed E-state index contributed by atoms with van der Waals surface area (Å²) in [4.78, 5) is 20.6. The van der Waals surface area contributed by atoms with Gasteiger partial charge in [-0.05, 0) is 32.1 Å². The molecule has 1 unspecified atom stereocenters. The van der Waals surface area contributed by atoms with Crippen molar-refractivity contribution in [3.05, 3.63) is 0 Å². The molecule has 3 saturated heterocycles. The van der Waals surface area contributed by atoms with Crippen LogP contribution in [0.1, 0.15) is 32.1 Å². The quantitative estimate of drug-likeness (QED) is 0.352. The lowest BCUT2D eigenvalue weighted by Gasteiger charge is -2.39. The predicted octanol–water partition coefficient (Wildman–Crippen LogP) is -1.63. The van der Waals surface area contributed by atoms with Crippen LogP contribution in [0.2, 0.25) is 0 Å². The number of hydrogen-bond donors (Lipinski definition) is 5. The fraction of sp³-hybridized carbons (Fsp3) is 0.842. The molecule has 1 aromatic heterocycles. The van der Waals surface area contributed by atoms with Crippen LogP contribution in [-0.4, -0.2) is 89.6 Å². The lowest BCUT2D eigenvalue weighted by Crippen LogP contribution is -2.54. The lowest BCUT2D eigenvalue weighted by atomic mass is 10.0. The largest absolute Gasteiger partial charge is 0.394 e. The summed E-state index contributed by atoms with van der Waals surface area (Å²) in [5.41, 5.74) is 24.9. The molecule has 4 rings (SSSR count). The Morgan fingerprint density at radius 1 is 0.742 bits per heavy atom. The van der Waals surface area contributed by atoms with E-state index in [1.54, 1.807) is 0 Å². The van der Waals surface area contributed by atoms with Gasteiger partial charge in [-0.25, -0.2) is 0 Å². The van der Waals surface area contributed by atoms with E-state index in [2.05, 4.69) is 14.7 Å². The highest BCUT2D eigenvalue weighted by Gasteiger charge is 2.31. The second-order valence-corrected chi connectivity index (χ2v) is 9.08. The summed E-state index contributed by atoms with van der Waals surface area (Å²) in [6.45, 7) is 3.50. The van der Waals surface area contributed by atoms with Crippen LogP contribution >= 0.6 is 12.4 Å². The van der Waals surface area contributed by atoms with Gasteiger partial charge >= 0.3 is 0 Å². The number of aromatic nitrogens is 3. The molecule has 0 aromatic carbocycles. The van der Waals surface area contributed by atoms with Gasteiger partial charge in [-0.15, -0.1) is 12.4 Å². The fourth-order valence-electron chi connectivity index (χ4n) is 4.89. The number of piperidine rings is 3. The Morgan fingerprint density at radius 3 is 1.65 bits per heavy atom. The van der Waals surface area contributed by atoms with Crippen LogP contribution < -0.4 is 37.6 Å². The van der Waals surface area contributed by atoms with Crippen LogP contribution in [0.5, 0.6) is 0 Å². The summed E-state index contributed by atoms with van der Waals surface area (Å²) in [6.07, 6.45) is 4.64. The van der Waals surface area contributed by atoms with Crippen LogP contribution in [0.4, 0.5) is 17.8 Å². The molecule has 0 saturated carbocycles. The van der Waals surface area contributed by atoms with E-state index in [1.165, 1.54) is 0 Å². The molecular formula is C19H37ClN10O. The van der Waals surface area contributed by atoms with E-state index in [-0.39, 0.29) is 49.2 Å². The van der Waals surface area contributed by atoms with E-state index in [9.17, 15) is 5.11 Å². The molecule has 0 spiro atoms. The van der Waals surface area contributed by atoms with Gasteiger partial charge in [0.2, 0.25) is 17.8 Å². The molecular weight excluding hydrogens is 420 g/mol.